The predicted molar refractivity (Wildman–Crippen MR) is 251 cm³/mol. The van der Waals surface area contributed by atoms with Gasteiger partial charge in [-0.05, 0) is 114 Å². The number of rotatable bonds is 5. The predicted octanol–water partition coefficient (Wildman–Crippen LogP) is 15.9. The van der Waals surface area contributed by atoms with Gasteiger partial charge in [-0.15, -0.1) is 47.5 Å². The third-order valence-electron chi connectivity index (χ3n) is 12.4. The summed E-state index contributed by atoms with van der Waals surface area (Å²) in [6.45, 7) is -2.09. The van der Waals surface area contributed by atoms with Crippen LogP contribution in [0.2, 0.25) is 0 Å². The van der Waals surface area contributed by atoms with Gasteiger partial charge in [0.1, 0.15) is 5.58 Å². The molecule has 3 nitrogen and oxygen atoms in total. The molecule has 0 unspecified atom stereocenters. The minimum absolute atomic E-state index is 0. The number of furan rings is 1. The molecule has 8 aromatic rings. The van der Waals surface area contributed by atoms with Crippen LogP contribution in [0.15, 0.2) is 120 Å². The van der Waals surface area contributed by atoms with Crippen LogP contribution < -0.4 is 0 Å². The van der Waals surface area contributed by atoms with Gasteiger partial charge in [-0.3, -0.25) is 0 Å². The van der Waals surface area contributed by atoms with Gasteiger partial charge in [0.05, 0.1) is 5.58 Å². The summed E-state index contributed by atoms with van der Waals surface area (Å²) in [4.78, 5) is 8.93. The molecule has 0 atom stereocenters. The Morgan fingerprint density at radius 3 is 2.23 bits per heavy atom. The van der Waals surface area contributed by atoms with Crippen LogP contribution in [0.1, 0.15) is 129 Å². The van der Waals surface area contributed by atoms with E-state index in [1.165, 1.54) is 56.6 Å². The second-order valence-corrected chi connectivity index (χ2v) is 17.7. The molecule has 2 saturated carbocycles. The van der Waals surface area contributed by atoms with Crippen molar-refractivity contribution < 1.29 is 41.0 Å². The smallest absolute Gasteiger partial charge is 0.128 e. The van der Waals surface area contributed by atoms with E-state index in [1.54, 1.807) is 26.8 Å². The van der Waals surface area contributed by atoms with Crippen LogP contribution in [0.4, 0.5) is 0 Å². The Hall–Kier alpha value is -4.89. The Kier molecular flexibility index (Phi) is 8.83. The van der Waals surface area contributed by atoms with E-state index in [0.717, 1.165) is 40.0 Å². The van der Waals surface area contributed by atoms with Crippen molar-refractivity contribution in [2.24, 2.45) is 10.8 Å². The van der Waals surface area contributed by atoms with E-state index in [4.69, 9.17) is 19.5 Å². The molecule has 2 aliphatic rings. The van der Waals surface area contributed by atoms with Gasteiger partial charge in [0.2, 0.25) is 0 Å². The standard InChI is InChI=1S/C33H32NO.C24H26N.Ir/c1-22-21-34-30(20-29(22)24-14-18-33(19-15-24)16-5-2-6-17-33)28-11-7-10-26-27-13-12-23-8-3-4-9-25(23)31(27)35-32(26)28;1-17-11-12-20(13-22(17)19-9-7-6-8-10-19)23-14-21(15-24(3,4)5)18(2)16-25-23;/h3-4,7-10,12-13,20-21,24H,2,5-6,14-19H2,1H3;6-11,13-14,16H,15H2,1-5H3;/q2*-1;/i1D3,24D;1D3,2D3,15D2;. The Morgan fingerprint density at radius 2 is 1.46 bits per heavy atom. The van der Waals surface area contributed by atoms with Crippen molar-refractivity contribution in [2.45, 2.75) is 111 Å². The van der Waals surface area contributed by atoms with E-state index >= 15 is 0 Å². The maximum absolute atomic E-state index is 9.57. The van der Waals surface area contributed by atoms with Gasteiger partial charge in [-0.25, -0.2) is 0 Å². The minimum atomic E-state index is -2.54. The Labute approximate surface area is 393 Å². The molecule has 4 heteroatoms. The first-order valence-corrected chi connectivity index (χ1v) is 21.2. The number of hydrogen-bond acceptors (Lipinski definition) is 3. The Morgan fingerprint density at radius 1 is 0.738 bits per heavy atom. The van der Waals surface area contributed by atoms with Gasteiger partial charge in [0.15, 0.2) is 0 Å². The van der Waals surface area contributed by atoms with Crippen molar-refractivity contribution in [2.75, 3.05) is 0 Å². The van der Waals surface area contributed by atoms with Crippen LogP contribution in [0.25, 0.3) is 66.4 Å². The number of nitrogens with zero attached hydrogens (tertiary/aromatic N) is 2. The third-order valence-corrected chi connectivity index (χ3v) is 12.4. The summed E-state index contributed by atoms with van der Waals surface area (Å²) in [6, 6.07) is 38.0. The van der Waals surface area contributed by atoms with Crippen LogP contribution in [0.3, 0.4) is 0 Å². The van der Waals surface area contributed by atoms with E-state index in [9.17, 15) is 1.37 Å². The van der Waals surface area contributed by atoms with Crippen molar-refractivity contribution >= 4 is 32.7 Å². The maximum Gasteiger partial charge on any atom is 0.128 e. The zero-order valence-corrected chi connectivity index (χ0v) is 37.4. The van der Waals surface area contributed by atoms with Gasteiger partial charge < -0.3 is 14.4 Å². The van der Waals surface area contributed by atoms with Gasteiger partial charge in [-0.2, -0.15) is 0 Å². The largest absolute Gasteiger partial charge is 0.500 e. The first-order valence-electron chi connectivity index (χ1n) is 27.2. The number of pyridine rings is 2. The quantitative estimate of drug-likeness (QED) is 0.161. The summed E-state index contributed by atoms with van der Waals surface area (Å²) in [5.41, 5.74) is 5.08. The second-order valence-electron chi connectivity index (χ2n) is 17.7. The molecule has 61 heavy (non-hydrogen) atoms. The average molecular weight is 991 g/mol. The molecule has 1 radical (unpaired) electrons. The molecular weight excluding hydrogens is 921 g/mol. The number of aromatic nitrogens is 2. The van der Waals surface area contributed by atoms with E-state index in [-0.39, 0.29) is 42.4 Å². The molecule has 1 spiro atoms. The van der Waals surface area contributed by atoms with Crippen molar-refractivity contribution in [3.63, 3.8) is 0 Å². The average Bonchev–Trinajstić information content (AvgIpc) is 3.74. The van der Waals surface area contributed by atoms with Gasteiger partial charge in [-0.1, -0.05) is 148 Å². The molecular formula is C57H58IrN2O-2. The first-order chi connectivity index (χ1) is 33.8. The van der Waals surface area contributed by atoms with E-state index in [1.807, 2.05) is 60.7 Å². The fraction of sp³-hybridized carbons (Fsp3) is 0.333. The van der Waals surface area contributed by atoms with Crippen molar-refractivity contribution in [1.29, 1.82) is 0 Å². The van der Waals surface area contributed by atoms with E-state index in [2.05, 4.69) is 46.4 Å². The molecule has 0 aliphatic heterocycles. The molecule has 3 heterocycles. The van der Waals surface area contributed by atoms with E-state index in [0.29, 0.717) is 63.0 Å². The van der Waals surface area contributed by atoms with Crippen LogP contribution in [0.5, 0.6) is 0 Å². The molecule has 313 valence electrons. The summed E-state index contributed by atoms with van der Waals surface area (Å²) < 4.78 is 106. The zero-order chi connectivity index (χ0) is 51.6. The summed E-state index contributed by atoms with van der Waals surface area (Å²) in [6.07, 6.45) is 10.4. The SMILES string of the molecule is [2H]C([2H])([2H])c1c[c-]c(-c2cc(C([2H])([2H])C(C)(C)C)c(C([2H])([2H])[2H])cn2)cc1-c1ccccc1.[2H]C([2H])([2H])c1cnc(-c2[c-]ccc3c2oc2c4ccccc4ccc32)cc1C1([2H])CCC2(CCCCC2)CC1.[Ir]. The van der Waals surface area contributed by atoms with Crippen molar-refractivity contribution in [3.8, 4) is 33.6 Å². The topological polar surface area (TPSA) is 38.9 Å². The van der Waals surface area contributed by atoms with Crippen LogP contribution >= 0.6 is 0 Å². The molecule has 2 aliphatic carbocycles. The normalized spacial score (nSPS) is 19.7. The van der Waals surface area contributed by atoms with Crippen LogP contribution in [-0.2, 0) is 26.5 Å². The molecule has 0 saturated heterocycles. The molecule has 0 bridgehead atoms. The van der Waals surface area contributed by atoms with Gasteiger partial charge in [0, 0.05) is 59.7 Å². The van der Waals surface area contributed by atoms with Gasteiger partial charge >= 0.3 is 0 Å². The number of aryl methyl sites for hydroxylation is 3. The molecule has 0 N–H and O–H groups in total. The first kappa shape index (κ1) is 30.2. The molecule has 0 amide bonds. The number of hydrogen-bond donors (Lipinski definition) is 0. The van der Waals surface area contributed by atoms with Crippen molar-refractivity contribution in [1.82, 2.24) is 9.97 Å². The molecule has 10 rings (SSSR count). The molecule has 2 fully saturated rings. The number of benzene rings is 5. The van der Waals surface area contributed by atoms with Gasteiger partial charge in [0.25, 0.3) is 0 Å². The third kappa shape index (κ3) is 9.04. The van der Waals surface area contributed by atoms with E-state index < -0.39 is 38.2 Å². The minimum Gasteiger partial charge on any atom is -0.500 e. The fourth-order valence-electron chi connectivity index (χ4n) is 9.30. The van der Waals surface area contributed by atoms with Crippen molar-refractivity contribution in [3.05, 3.63) is 155 Å². The summed E-state index contributed by atoms with van der Waals surface area (Å²) >= 11 is 0. The second kappa shape index (κ2) is 17.8. The molecule has 3 aromatic heterocycles. The zero-order valence-electron chi connectivity index (χ0n) is 47.0. The summed E-state index contributed by atoms with van der Waals surface area (Å²) in [5, 5.41) is 4.17. The molecule has 5 aromatic carbocycles. The maximum atomic E-state index is 9.57. The van der Waals surface area contributed by atoms with Crippen LogP contribution in [-0.4, -0.2) is 9.97 Å². The van der Waals surface area contributed by atoms with Crippen LogP contribution in [0, 0.1) is 43.5 Å². The summed E-state index contributed by atoms with van der Waals surface area (Å²) in [7, 11) is 0. The Bertz CT molecular complexity index is 3280. The monoisotopic (exact) mass is 991 g/mol. The number of fused-ring (bicyclic) bond motifs is 5. The summed E-state index contributed by atoms with van der Waals surface area (Å²) in [5.74, 6) is -0.942. The fourth-order valence-corrected chi connectivity index (χ4v) is 9.30. The Balaban J connectivity index is 0.000000195.